The molecular formula is C57H56N4O5. The molecule has 0 spiro atoms. The first-order valence-electron chi connectivity index (χ1n) is 21.6. The number of aromatic hydroxyl groups is 2. The smallest absolute Gasteiger partial charge is 0.169 e. The lowest BCUT2D eigenvalue weighted by Gasteiger charge is -2.15. The van der Waals surface area contributed by atoms with Gasteiger partial charge in [0.05, 0.1) is 0 Å². The average Bonchev–Trinajstić information content (AvgIpc) is 3.34. The molecule has 6 aromatic carbocycles. The highest BCUT2D eigenvalue weighted by molar-refractivity contribution is 5.57. The molecule has 6 rings (SSSR count). The molecule has 0 heterocycles. The number of anilines is 4. The zero-order chi connectivity index (χ0) is 46.5. The first-order valence-corrected chi connectivity index (χ1v) is 21.6. The van der Waals surface area contributed by atoms with E-state index < -0.39 is 0 Å². The number of phenolic OH excluding ortho intramolecular Hbond substituents is 2. The third-order valence-corrected chi connectivity index (χ3v) is 10.2. The van der Waals surface area contributed by atoms with Gasteiger partial charge in [-0.3, -0.25) is 0 Å². The van der Waals surface area contributed by atoms with Gasteiger partial charge in [-0.2, -0.15) is 0 Å². The minimum Gasteiger partial charge on any atom is -0.504 e. The molecular weight excluding hydrogens is 821 g/mol. The quantitative estimate of drug-likeness (QED) is 0.0479. The number of phenols is 2. The van der Waals surface area contributed by atoms with Gasteiger partial charge >= 0.3 is 0 Å². The number of rotatable bonds is 20. The summed E-state index contributed by atoms with van der Waals surface area (Å²) in [4.78, 5) is 2.04. The fourth-order valence-corrected chi connectivity index (χ4v) is 6.48. The summed E-state index contributed by atoms with van der Waals surface area (Å²) in [5, 5.41) is 30.0. The fraction of sp³-hybridized carbons (Fsp3) is 0.0877. The highest BCUT2D eigenvalue weighted by Crippen LogP contribution is 2.32. The van der Waals surface area contributed by atoms with Gasteiger partial charge in [0.15, 0.2) is 23.0 Å². The molecule has 0 saturated carbocycles. The van der Waals surface area contributed by atoms with Gasteiger partial charge in [-0.05, 0) is 196 Å². The summed E-state index contributed by atoms with van der Waals surface area (Å²) in [5.41, 5.74) is 8.02. The van der Waals surface area contributed by atoms with Gasteiger partial charge in [0.1, 0.15) is 23.0 Å². The number of allylic oxidation sites excluding steroid dienone is 12. The molecule has 0 radical (unpaired) electrons. The SMILES string of the molecule is C/C=C(\C=C/Nc1ccc(Oc2ccc(N\C=C/C(=C\C)C(/C=C\N(C)c3ccc(Oc4ccccc4O)cc3)=C/C)cc2)cc1)C(/C=C\Nc1ccc(Oc2ccccc2O)cc1)=C/C. The normalized spacial score (nSPS) is 12.6. The number of hydrogen-bond donors (Lipinski definition) is 5. The third kappa shape index (κ3) is 14.0. The lowest BCUT2D eigenvalue weighted by atomic mass is 10.1. The summed E-state index contributed by atoms with van der Waals surface area (Å²) < 4.78 is 17.7. The lowest BCUT2D eigenvalue weighted by Crippen LogP contribution is -2.07. The van der Waals surface area contributed by atoms with Crippen LogP contribution >= 0.6 is 0 Å². The van der Waals surface area contributed by atoms with Crippen molar-refractivity contribution >= 4 is 22.7 Å². The van der Waals surface area contributed by atoms with Gasteiger partial charge in [0.2, 0.25) is 0 Å². The maximum absolute atomic E-state index is 10.0. The Hall–Kier alpha value is -8.56. The van der Waals surface area contributed by atoms with Crippen LogP contribution in [0.4, 0.5) is 22.7 Å². The van der Waals surface area contributed by atoms with Gasteiger partial charge in [0.25, 0.3) is 0 Å². The van der Waals surface area contributed by atoms with Gasteiger partial charge in [-0.25, -0.2) is 0 Å². The van der Waals surface area contributed by atoms with Crippen LogP contribution in [0.1, 0.15) is 27.7 Å². The topological polar surface area (TPSA) is 107 Å². The van der Waals surface area contributed by atoms with E-state index in [1.54, 1.807) is 36.4 Å². The molecule has 0 bridgehead atoms. The number of para-hydroxylation sites is 4. The molecule has 9 nitrogen and oxygen atoms in total. The van der Waals surface area contributed by atoms with Crippen molar-refractivity contribution in [3.05, 3.63) is 241 Å². The second-order valence-electron chi connectivity index (χ2n) is 14.6. The van der Waals surface area contributed by atoms with E-state index >= 15 is 0 Å². The Morgan fingerprint density at radius 1 is 0.409 bits per heavy atom. The number of ether oxygens (including phenoxy) is 3. The summed E-state index contributed by atoms with van der Waals surface area (Å²) in [6.07, 6.45) is 24.3. The van der Waals surface area contributed by atoms with Crippen LogP contribution in [0.5, 0.6) is 46.0 Å². The van der Waals surface area contributed by atoms with E-state index in [1.807, 2.05) is 186 Å². The average molecular weight is 877 g/mol. The lowest BCUT2D eigenvalue weighted by molar-refractivity contribution is 0.411. The molecule has 0 atom stereocenters. The summed E-state index contributed by atoms with van der Waals surface area (Å²) in [5.74, 6) is 3.77. The van der Waals surface area contributed by atoms with Crippen LogP contribution in [0.25, 0.3) is 0 Å². The van der Waals surface area contributed by atoms with E-state index in [4.69, 9.17) is 14.2 Å². The van der Waals surface area contributed by atoms with Crippen molar-refractivity contribution < 1.29 is 24.4 Å². The minimum atomic E-state index is 0.0977. The van der Waals surface area contributed by atoms with Crippen LogP contribution in [0.2, 0.25) is 0 Å². The van der Waals surface area contributed by atoms with Crippen LogP contribution < -0.4 is 35.1 Å². The van der Waals surface area contributed by atoms with Crippen LogP contribution in [-0.4, -0.2) is 17.3 Å². The highest BCUT2D eigenvalue weighted by Gasteiger charge is 2.06. The van der Waals surface area contributed by atoms with Gasteiger partial charge in [0, 0.05) is 54.6 Å². The molecule has 5 N–H and O–H groups in total. The molecule has 66 heavy (non-hydrogen) atoms. The number of hydrogen-bond acceptors (Lipinski definition) is 9. The van der Waals surface area contributed by atoms with E-state index in [0.717, 1.165) is 56.5 Å². The Labute approximate surface area is 388 Å². The first kappa shape index (κ1) is 46.9. The fourth-order valence-electron chi connectivity index (χ4n) is 6.48. The largest absolute Gasteiger partial charge is 0.504 e. The molecule has 0 aromatic heterocycles. The van der Waals surface area contributed by atoms with Crippen LogP contribution in [0.3, 0.4) is 0 Å². The van der Waals surface area contributed by atoms with E-state index in [9.17, 15) is 10.2 Å². The van der Waals surface area contributed by atoms with Gasteiger partial charge < -0.3 is 45.3 Å². The zero-order valence-electron chi connectivity index (χ0n) is 37.9. The highest BCUT2D eigenvalue weighted by atomic mass is 16.5. The Balaban J connectivity index is 0.931. The van der Waals surface area contributed by atoms with Gasteiger partial charge in [-0.15, -0.1) is 0 Å². The Morgan fingerprint density at radius 3 is 1.08 bits per heavy atom. The van der Waals surface area contributed by atoms with E-state index in [-0.39, 0.29) is 11.5 Å². The Bertz CT molecular complexity index is 2740. The van der Waals surface area contributed by atoms with Gasteiger partial charge in [-0.1, -0.05) is 48.6 Å². The maximum atomic E-state index is 10.0. The van der Waals surface area contributed by atoms with Crippen molar-refractivity contribution in [1.29, 1.82) is 0 Å². The maximum Gasteiger partial charge on any atom is 0.169 e. The second kappa shape index (κ2) is 24.3. The summed E-state index contributed by atoms with van der Waals surface area (Å²) in [6.45, 7) is 8.07. The molecule has 0 aliphatic rings. The number of benzene rings is 6. The third-order valence-electron chi connectivity index (χ3n) is 10.2. The van der Waals surface area contributed by atoms with Crippen LogP contribution in [0, 0.1) is 0 Å². The van der Waals surface area contributed by atoms with Crippen LogP contribution in [0.15, 0.2) is 241 Å². The summed E-state index contributed by atoms with van der Waals surface area (Å²) in [6, 6.07) is 44.7. The Kier molecular flexibility index (Phi) is 17.3. The second-order valence-corrected chi connectivity index (χ2v) is 14.6. The van der Waals surface area contributed by atoms with Crippen molar-refractivity contribution in [3.63, 3.8) is 0 Å². The van der Waals surface area contributed by atoms with E-state index in [1.165, 1.54) is 0 Å². The minimum absolute atomic E-state index is 0.0977. The molecule has 0 aliphatic heterocycles. The molecule has 0 amide bonds. The monoisotopic (exact) mass is 876 g/mol. The number of nitrogens with zero attached hydrogens (tertiary/aromatic N) is 1. The molecule has 0 unspecified atom stereocenters. The molecule has 9 heteroatoms. The first-order chi connectivity index (χ1) is 32.2. The van der Waals surface area contributed by atoms with Crippen molar-refractivity contribution in [3.8, 4) is 46.0 Å². The molecule has 334 valence electrons. The van der Waals surface area contributed by atoms with E-state index in [2.05, 4.69) is 52.4 Å². The summed E-state index contributed by atoms with van der Waals surface area (Å²) in [7, 11) is 2.00. The molecule has 0 fully saturated rings. The van der Waals surface area contributed by atoms with Crippen molar-refractivity contribution in [2.45, 2.75) is 27.7 Å². The standard InChI is InChI=1S/C57H56N4O5/c1-6-42(43(7-2)35-39-59-48-22-30-52(31-23-48)65-56-16-12-10-14-54(56)62)34-38-58-46-18-26-50(27-19-46)64-51-28-20-47(21-29-51)60-40-36-44(8-3)45(9-4)37-41-61(5)49-24-32-53(33-25-49)66-57-17-13-11-15-55(57)63/h6-41,58-60,62-63H,1-5H3/b38-34-,39-35-,40-36-,41-37-,42-6+,43-7+,44-8+,45-9+. The predicted molar refractivity (Wildman–Crippen MR) is 273 cm³/mol. The van der Waals surface area contributed by atoms with Crippen molar-refractivity contribution in [1.82, 2.24) is 0 Å². The van der Waals surface area contributed by atoms with Crippen molar-refractivity contribution in [2.24, 2.45) is 0 Å². The molecule has 0 saturated heterocycles. The molecule has 6 aromatic rings. The van der Waals surface area contributed by atoms with Crippen LogP contribution in [-0.2, 0) is 0 Å². The molecule has 0 aliphatic carbocycles. The predicted octanol–water partition coefficient (Wildman–Crippen LogP) is 15.4. The van der Waals surface area contributed by atoms with E-state index in [0.29, 0.717) is 23.0 Å². The summed E-state index contributed by atoms with van der Waals surface area (Å²) >= 11 is 0. The zero-order valence-corrected chi connectivity index (χ0v) is 37.9. The Morgan fingerprint density at radius 2 is 0.727 bits per heavy atom. The van der Waals surface area contributed by atoms with Crippen molar-refractivity contribution in [2.75, 3.05) is 27.9 Å². The number of nitrogens with one attached hydrogen (secondary N) is 3.